The van der Waals surface area contributed by atoms with Crippen LogP contribution >= 0.6 is 35.6 Å². The van der Waals surface area contributed by atoms with E-state index in [-0.39, 0.29) is 31.0 Å². The fourth-order valence-corrected chi connectivity index (χ4v) is 2.62. The van der Waals surface area contributed by atoms with Crippen molar-refractivity contribution in [3.63, 3.8) is 0 Å². The molecule has 0 radical (unpaired) electrons. The van der Waals surface area contributed by atoms with E-state index >= 15 is 0 Å². The topological polar surface area (TPSA) is 32.3 Å². The predicted molar refractivity (Wildman–Crippen MR) is 96.3 cm³/mol. The van der Waals surface area contributed by atoms with Gasteiger partial charge in [-0.15, -0.1) is 12.4 Å². The highest BCUT2D eigenvalue weighted by Crippen LogP contribution is 2.28. The molecule has 0 aliphatic rings. The summed E-state index contributed by atoms with van der Waals surface area (Å²) in [4.78, 5) is 0. The zero-order valence-corrected chi connectivity index (χ0v) is 14.6. The van der Waals surface area contributed by atoms with Crippen molar-refractivity contribution in [3.05, 3.63) is 69.7 Å². The van der Waals surface area contributed by atoms with Crippen LogP contribution < -0.4 is 5.32 Å². The third kappa shape index (κ3) is 5.15. The maximum atomic E-state index is 9.69. The first-order valence-electron chi connectivity index (χ1n) is 6.95. The van der Waals surface area contributed by atoms with Crippen molar-refractivity contribution in [2.24, 2.45) is 0 Å². The van der Waals surface area contributed by atoms with Crippen LogP contribution in [0, 0.1) is 0 Å². The van der Waals surface area contributed by atoms with Gasteiger partial charge in [-0.25, -0.2) is 0 Å². The maximum absolute atomic E-state index is 9.69. The number of hydrogen-bond acceptors (Lipinski definition) is 2. The smallest absolute Gasteiger partial charge is 0.0595 e. The van der Waals surface area contributed by atoms with E-state index in [4.69, 9.17) is 23.2 Å². The standard InChI is InChI=1S/C17H19Cl2NO.ClH/c1-12(20-10-13-5-3-2-4-6-13)15(11-21)14-7-8-16(18)17(19)9-14;/h2-9,12,15,20-21H,10-11H2,1H3;1H. The average molecular weight is 361 g/mol. The fourth-order valence-electron chi connectivity index (χ4n) is 2.31. The van der Waals surface area contributed by atoms with Crippen LogP contribution in [0.4, 0.5) is 0 Å². The Labute approximate surface area is 147 Å². The molecule has 0 bridgehead atoms. The van der Waals surface area contributed by atoms with E-state index in [0.717, 1.165) is 12.1 Å². The number of benzene rings is 2. The quantitative estimate of drug-likeness (QED) is 0.784. The summed E-state index contributed by atoms with van der Waals surface area (Å²) >= 11 is 12.0. The van der Waals surface area contributed by atoms with Crippen LogP contribution in [-0.2, 0) is 6.54 Å². The van der Waals surface area contributed by atoms with E-state index in [2.05, 4.69) is 24.4 Å². The molecule has 0 spiro atoms. The Hall–Kier alpha value is -0.770. The van der Waals surface area contributed by atoms with E-state index < -0.39 is 0 Å². The maximum Gasteiger partial charge on any atom is 0.0595 e. The molecule has 0 fully saturated rings. The lowest BCUT2D eigenvalue weighted by Gasteiger charge is -2.24. The Balaban J connectivity index is 0.00000242. The molecular formula is C17H20Cl3NO. The van der Waals surface area contributed by atoms with E-state index in [1.54, 1.807) is 6.07 Å². The summed E-state index contributed by atoms with van der Waals surface area (Å²) in [7, 11) is 0. The highest BCUT2D eigenvalue weighted by Gasteiger charge is 2.19. The van der Waals surface area contributed by atoms with Crippen LogP contribution in [0.25, 0.3) is 0 Å². The highest BCUT2D eigenvalue weighted by molar-refractivity contribution is 6.42. The second-order valence-electron chi connectivity index (χ2n) is 5.12. The van der Waals surface area contributed by atoms with Gasteiger partial charge < -0.3 is 10.4 Å². The molecule has 0 aliphatic carbocycles. The van der Waals surface area contributed by atoms with E-state index in [0.29, 0.717) is 10.0 Å². The van der Waals surface area contributed by atoms with E-state index in [1.807, 2.05) is 30.3 Å². The van der Waals surface area contributed by atoms with Crippen molar-refractivity contribution in [1.29, 1.82) is 0 Å². The van der Waals surface area contributed by atoms with Gasteiger partial charge in [-0.2, -0.15) is 0 Å². The third-order valence-electron chi connectivity index (χ3n) is 3.64. The van der Waals surface area contributed by atoms with Gasteiger partial charge in [-0.05, 0) is 30.2 Å². The Morgan fingerprint density at radius 3 is 2.32 bits per heavy atom. The monoisotopic (exact) mass is 359 g/mol. The second kappa shape index (κ2) is 9.39. The second-order valence-corrected chi connectivity index (χ2v) is 5.93. The fraction of sp³-hybridized carbons (Fsp3) is 0.294. The number of rotatable bonds is 6. The summed E-state index contributed by atoms with van der Waals surface area (Å²) in [5.41, 5.74) is 2.20. The summed E-state index contributed by atoms with van der Waals surface area (Å²) in [6, 6.07) is 15.8. The minimum atomic E-state index is -0.0246. The lowest BCUT2D eigenvalue weighted by Crippen LogP contribution is -2.33. The Morgan fingerprint density at radius 2 is 1.73 bits per heavy atom. The number of halogens is 3. The molecule has 0 saturated carbocycles. The molecule has 2 rings (SSSR count). The summed E-state index contributed by atoms with van der Waals surface area (Å²) in [6.45, 7) is 2.88. The molecule has 0 aromatic heterocycles. The Morgan fingerprint density at radius 1 is 1.05 bits per heavy atom. The van der Waals surface area contributed by atoms with Gasteiger partial charge in [0, 0.05) is 18.5 Å². The van der Waals surface area contributed by atoms with Gasteiger partial charge in [0.1, 0.15) is 0 Å². The first kappa shape index (κ1) is 19.3. The first-order valence-corrected chi connectivity index (χ1v) is 7.70. The zero-order valence-electron chi connectivity index (χ0n) is 12.3. The Bertz CT molecular complexity index is 577. The zero-order chi connectivity index (χ0) is 15.2. The predicted octanol–water partition coefficient (Wildman–Crippen LogP) is 4.67. The first-order chi connectivity index (χ1) is 10.1. The van der Waals surface area contributed by atoms with Gasteiger partial charge in [-0.1, -0.05) is 59.6 Å². The summed E-state index contributed by atoms with van der Waals surface area (Å²) in [6.07, 6.45) is 0. The molecule has 22 heavy (non-hydrogen) atoms. The molecule has 2 unspecified atom stereocenters. The number of aliphatic hydroxyl groups is 1. The summed E-state index contributed by atoms with van der Waals surface area (Å²) in [5.74, 6) is -0.0246. The molecular weight excluding hydrogens is 341 g/mol. The van der Waals surface area contributed by atoms with Crippen molar-refractivity contribution < 1.29 is 5.11 Å². The Kier molecular flexibility index (Phi) is 8.23. The van der Waals surface area contributed by atoms with Crippen molar-refractivity contribution in [2.45, 2.75) is 25.4 Å². The molecule has 2 nitrogen and oxygen atoms in total. The van der Waals surface area contributed by atoms with Gasteiger partial charge in [0.15, 0.2) is 0 Å². The van der Waals surface area contributed by atoms with Gasteiger partial charge in [0.2, 0.25) is 0 Å². The molecule has 0 amide bonds. The molecule has 2 aromatic carbocycles. The molecule has 2 aromatic rings. The van der Waals surface area contributed by atoms with Gasteiger partial charge in [0.25, 0.3) is 0 Å². The van der Waals surface area contributed by atoms with E-state index in [1.165, 1.54) is 5.56 Å². The molecule has 2 atom stereocenters. The van der Waals surface area contributed by atoms with Crippen LogP contribution in [0.15, 0.2) is 48.5 Å². The highest BCUT2D eigenvalue weighted by atomic mass is 35.5. The molecule has 0 aliphatic heterocycles. The number of aliphatic hydroxyl groups excluding tert-OH is 1. The SMILES string of the molecule is CC(NCc1ccccc1)C(CO)c1ccc(Cl)c(Cl)c1.Cl. The molecule has 5 heteroatoms. The molecule has 2 N–H and O–H groups in total. The molecule has 120 valence electrons. The van der Waals surface area contributed by atoms with Gasteiger partial charge in [0.05, 0.1) is 16.7 Å². The number of nitrogens with one attached hydrogen (secondary N) is 1. The molecule has 0 heterocycles. The van der Waals surface area contributed by atoms with Gasteiger partial charge in [-0.3, -0.25) is 0 Å². The van der Waals surface area contributed by atoms with Crippen molar-refractivity contribution in [3.8, 4) is 0 Å². The largest absolute Gasteiger partial charge is 0.396 e. The minimum absolute atomic E-state index is 0. The lowest BCUT2D eigenvalue weighted by atomic mass is 9.93. The van der Waals surface area contributed by atoms with Crippen LogP contribution in [0.5, 0.6) is 0 Å². The van der Waals surface area contributed by atoms with Crippen LogP contribution in [0.3, 0.4) is 0 Å². The van der Waals surface area contributed by atoms with Crippen LogP contribution in [0.2, 0.25) is 10.0 Å². The summed E-state index contributed by atoms with van der Waals surface area (Å²) < 4.78 is 0. The average Bonchev–Trinajstić information content (AvgIpc) is 2.50. The van der Waals surface area contributed by atoms with Crippen LogP contribution in [0.1, 0.15) is 24.0 Å². The molecule has 0 saturated heterocycles. The lowest BCUT2D eigenvalue weighted by molar-refractivity contribution is 0.239. The third-order valence-corrected chi connectivity index (χ3v) is 4.38. The van der Waals surface area contributed by atoms with E-state index in [9.17, 15) is 5.11 Å². The minimum Gasteiger partial charge on any atom is -0.396 e. The van der Waals surface area contributed by atoms with Crippen molar-refractivity contribution >= 4 is 35.6 Å². The number of hydrogen-bond donors (Lipinski definition) is 2. The van der Waals surface area contributed by atoms with Crippen molar-refractivity contribution in [2.75, 3.05) is 6.61 Å². The van der Waals surface area contributed by atoms with Crippen molar-refractivity contribution in [1.82, 2.24) is 5.32 Å². The summed E-state index contributed by atoms with van der Waals surface area (Å²) in [5, 5.41) is 14.2. The normalized spacial score (nSPS) is 13.3. The van der Waals surface area contributed by atoms with Crippen LogP contribution in [-0.4, -0.2) is 17.8 Å². The van der Waals surface area contributed by atoms with Gasteiger partial charge >= 0.3 is 0 Å².